The highest BCUT2D eigenvalue weighted by Crippen LogP contribution is 2.44. The number of hydrogen-bond donors (Lipinski definition) is 3. The Bertz CT molecular complexity index is 1050. The van der Waals surface area contributed by atoms with Crippen LogP contribution in [0.25, 0.3) is 11.1 Å². The van der Waals surface area contributed by atoms with Gasteiger partial charge in [0.1, 0.15) is 6.61 Å². The fourth-order valence-corrected chi connectivity index (χ4v) is 5.81. The first-order valence-electron chi connectivity index (χ1n) is 12.1. The number of fused-ring (bicyclic) bond motifs is 3. The average Bonchev–Trinajstić information content (AvgIpc) is 3.56. The topological polar surface area (TPSA) is 105 Å². The molecule has 0 radical (unpaired) electrons. The summed E-state index contributed by atoms with van der Waals surface area (Å²) in [5, 5.41) is 15.1. The van der Waals surface area contributed by atoms with Crippen molar-refractivity contribution in [3.63, 3.8) is 0 Å². The molecule has 0 aromatic heterocycles. The van der Waals surface area contributed by atoms with Crippen LogP contribution in [0.1, 0.15) is 55.6 Å². The SMILES string of the molecule is O=C(N[C@@H]1CC[C@H](C(=O)N[C@@H]2CC[C@H](C(=O)O)C2)C1)OCC1c2ccccc2-c2ccccc21. The molecule has 0 unspecified atom stereocenters. The lowest BCUT2D eigenvalue weighted by atomic mass is 9.98. The molecule has 0 saturated heterocycles. The maximum Gasteiger partial charge on any atom is 0.407 e. The van der Waals surface area contributed by atoms with Crippen LogP contribution in [0.5, 0.6) is 0 Å². The lowest BCUT2D eigenvalue weighted by Gasteiger charge is -2.18. The van der Waals surface area contributed by atoms with E-state index >= 15 is 0 Å². The minimum absolute atomic E-state index is 0.0151. The first-order valence-corrected chi connectivity index (χ1v) is 12.1. The predicted octanol–water partition coefficient (Wildman–Crippen LogP) is 4.06. The van der Waals surface area contributed by atoms with Crippen LogP contribution in [0.15, 0.2) is 48.5 Å². The maximum absolute atomic E-state index is 12.6. The molecule has 2 aromatic rings. The van der Waals surface area contributed by atoms with Gasteiger partial charge in [0.15, 0.2) is 0 Å². The van der Waals surface area contributed by atoms with E-state index in [2.05, 4.69) is 34.9 Å². The van der Waals surface area contributed by atoms with Crippen molar-refractivity contribution >= 4 is 18.0 Å². The van der Waals surface area contributed by atoms with E-state index < -0.39 is 12.1 Å². The van der Waals surface area contributed by atoms with Gasteiger partial charge in [-0.2, -0.15) is 0 Å². The molecule has 7 nitrogen and oxygen atoms in total. The Labute approximate surface area is 198 Å². The molecule has 4 atom stereocenters. The molecule has 2 aromatic carbocycles. The van der Waals surface area contributed by atoms with Gasteiger partial charge in [-0.25, -0.2) is 4.79 Å². The van der Waals surface area contributed by atoms with Crippen molar-refractivity contribution in [2.24, 2.45) is 11.8 Å². The van der Waals surface area contributed by atoms with Crippen LogP contribution in [-0.2, 0) is 14.3 Å². The van der Waals surface area contributed by atoms with E-state index in [0.717, 1.165) is 6.42 Å². The summed E-state index contributed by atoms with van der Waals surface area (Å²) in [6, 6.07) is 16.3. The fraction of sp³-hybridized carbons (Fsp3) is 0.444. The van der Waals surface area contributed by atoms with Gasteiger partial charge in [0.25, 0.3) is 0 Å². The second-order valence-corrected chi connectivity index (χ2v) is 9.73. The molecule has 2 fully saturated rings. The zero-order valence-electron chi connectivity index (χ0n) is 19.0. The second-order valence-electron chi connectivity index (χ2n) is 9.73. The van der Waals surface area contributed by atoms with E-state index in [1.165, 1.54) is 22.3 Å². The summed E-state index contributed by atoms with van der Waals surface area (Å²) in [5.41, 5.74) is 4.72. The van der Waals surface area contributed by atoms with E-state index in [1.807, 2.05) is 24.3 Å². The van der Waals surface area contributed by atoms with Crippen LogP contribution in [0, 0.1) is 11.8 Å². The number of ether oxygens (including phenoxy) is 1. The number of carboxylic acids is 1. The first-order chi connectivity index (χ1) is 16.5. The maximum atomic E-state index is 12.6. The Balaban J connectivity index is 1.10. The Kier molecular flexibility index (Phi) is 6.26. The Morgan fingerprint density at radius 1 is 0.794 bits per heavy atom. The summed E-state index contributed by atoms with van der Waals surface area (Å²) >= 11 is 0. The zero-order chi connectivity index (χ0) is 23.7. The Morgan fingerprint density at radius 2 is 1.35 bits per heavy atom. The third-order valence-electron chi connectivity index (χ3n) is 7.60. The molecule has 0 aliphatic heterocycles. The number of amides is 2. The number of aliphatic carboxylic acids is 1. The van der Waals surface area contributed by atoms with Crippen LogP contribution in [0.2, 0.25) is 0 Å². The number of carbonyl (C=O) groups excluding carboxylic acids is 2. The van der Waals surface area contributed by atoms with Crippen LogP contribution in [-0.4, -0.2) is 41.8 Å². The summed E-state index contributed by atoms with van der Waals surface area (Å²) in [7, 11) is 0. The molecule has 2 amide bonds. The van der Waals surface area contributed by atoms with E-state index in [4.69, 9.17) is 9.84 Å². The van der Waals surface area contributed by atoms with Gasteiger partial charge in [-0.3, -0.25) is 9.59 Å². The second kappa shape index (κ2) is 9.49. The van der Waals surface area contributed by atoms with Crippen LogP contribution < -0.4 is 10.6 Å². The van der Waals surface area contributed by atoms with E-state index in [1.54, 1.807) is 0 Å². The highest BCUT2D eigenvalue weighted by Gasteiger charge is 2.35. The number of carbonyl (C=O) groups is 3. The first kappa shape index (κ1) is 22.4. The van der Waals surface area contributed by atoms with Crippen molar-refractivity contribution in [1.29, 1.82) is 0 Å². The molecule has 34 heavy (non-hydrogen) atoms. The van der Waals surface area contributed by atoms with Crippen molar-refractivity contribution < 1.29 is 24.2 Å². The number of alkyl carbamates (subject to hydrolysis) is 1. The van der Waals surface area contributed by atoms with Crippen LogP contribution in [0.4, 0.5) is 4.79 Å². The van der Waals surface area contributed by atoms with Gasteiger partial charge < -0.3 is 20.5 Å². The van der Waals surface area contributed by atoms with Gasteiger partial charge in [0.05, 0.1) is 5.92 Å². The van der Waals surface area contributed by atoms with Crippen molar-refractivity contribution in [1.82, 2.24) is 10.6 Å². The molecule has 7 heteroatoms. The molecule has 0 heterocycles. The Hall–Kier alpha value is -3.35. The molecular weight excluding hydrogens is 432 g/mol. The van der Waals surface area contributed by atoms with Gasteiger partial charge in [0, 0.05) is 23.9 Å². The van der Waals surface area contributed by atoms with Crippen molar-refractivity contribution in [2.45, 2.75) is 56.5 Å². The number of hydrogen-bond acceptors (Lipinski definition) is 4. The minimum atomic E-state index is -0.787. The van der Waals surface area contributed by atoms with Crippen molar-refractivity contribution in [3.05, 3.63) is 59.7 Å². The summed E-state index contributed by atoms with van der Waals surface area (Å²) in [6.45, 7) is 0.267. The summed E-state index contributed by atoms with van der Waals surface area (Å²) in [4.78, 5) is 36.3. The van der Waals surface area contributed by atoms with Crippen LogP contribution in [0.3, 0.4) is 0 Å². The highest BCUT2D eigenvalue weighted by molar-refractivity contribution is 5.80. The van der Waals surface area contributed by atoms with E-state index in [-0.39, 0.29) is 42.4 Å². The molecule has 5 rings (SSSR count). The lowest BCUT2D eigenvalue weighted by molar-refractivity contribution is -0.141. The smallest absolute Gasteiger partial charge is 0.407 e. The summed E-state index contributed by atoms with van der Waals surface area (Å²) < 4.78 is 5.63. The van der Waals surface area contributed by atoms with Crippen molar-refractivity contribution in [3.8, 4) is 11.1 Å². The quantitative estimate of drug-likeness (QED) is 0.600. The van der Waals surface area contributed by atoms with Gasteiger partial charge in [0.2, 0.25) is 5.91 Å². The number of benzene rings is 2. The lowest BCUT2D eigenvalue weighted by Crippen LogP contribution is -2.38. The summed E-state index contributed by atoms with van der Waals surface area (Å²) in [5.74, 6) is -1.33. The van der Waals surface area contributed by atoms with Crippen LogP contribution >= 0.6 is 0 Å². The normalized spacial score (nSPS) is 25.4. The number of carboxylic acid groups (broad SMARTS) is 1. The summed E-state index contributed by atoms with van der Waals surface area (Å²) in [6.07, 6.45) is 3.36. The molecular formula is C27H30N2O5. The van der Waals surface area contributed by atoms with E-state index in [0.29, 0.717) is 32.1 Å². The molecule has 178 valence electrons. The molecule has 3 N–H and O–H groups in total. The largest absolute Gasteiger partial charge is 0.481 e. The molecule has 0 bridgehead atoms. The van der Waals surface area contributed by atoms with E-state index in [9.17, 15) is 14.4 Å². The number of rotatable bonds is 6. The standard InChI is InChI=1S/C27H30N2O5/c30-25(28-18-12-10-17(14-18)26(31)32)16-9-11-19(13-16)29-27(33)34-15-24-22-7-3-1-5-20(22)21-6-2-4-8-23(21)24/h1-8,16-19,24H,9-15H2,(H,28,30)(H,29,33)(H,31,32)/t16-,17-,18+,19+/m0/s1. The highest BCUT2D eigenvalue weighted by atomic mass is 16.5. The third kappa shape index (κ3) is 4.52. The third-order valence-corrected chi connectivity index (χ3v) is 7.60. The average molecular weight is 463 g/mol. The van der Waals surface area contributed by atoms with Gasteiger partial charge in [-0.1, -0.05) is 48.5 Å². The fourth-order valence-electron chi connectivity index (χ4n) is 5.81. The van der Waals surface area contributed by atoms with Gasteiger partial charge in [-0.15, -0.1) is 0 Å². The van der Waals surface area contributed by atoms with Gasteiger partial charge >= 0.3 is 12.1 Å². The van der Waals surface area contributed by atoms with Crippen molar-refractivity contribution in [2.75, 3.05) is 6.61 Å². The predicted molar refractivity (Wildman–Crippen MR) is 126 cm³/mol. The number of nitrogens with one attached hydrogen (secondary N) is 2. The Morgan fingerprint density at radius 3 is 1.97 bits per heavy atom. The van der Waals surface area contributed by atoms with Gasteiger partial charge in [-0.05, 0) is 60.8 Å². The molecule has 3 aliphatic carbocycles. The molecule has 0 spiro atoms. The monoisotopic (exact) mass is 462 g/mol. The molecule has 2 saturated carbocycles. The molecule has 3 aliphatic rings. The zero-order valence-corrected chi connectivity index (χ0v) is 19.0. The minimum Gasteiger partial charge on any atom is -0.481 e.